The quantitative estimate of drug-likeness (QED) is 0.0321. The molecule has 0 spiro atoms. The van der Waals surface area contributed by atoms with E-state index in [0.29, 0.717) is 66.5 Å². The van der Waals surface area contributed by atoms with Crippen molar-refractivity contribution in [2.45, 2.75) is 254 Å². The average Bonchev–Trinajstić information content (AvgIpc) is 0.668. The Morgan fingerprint density at radius 3 is 1.32 bits per heavy atom. The van der Waals surface area contributed by atoms with Crippen LogP contribution in [-0.4, -0.2) is 122 Å². The number of carbonyl (C=O) groups is 3. The summed E-state index contributed by atoms with van der Waals surface area (Å²) in [6, 6.07) is 70.9. The fourth-order valence-electron chi connectivity index (χ4n) is 23.2. The molecule has 24 heteroatoms. The minimum atomic E-state index is -5.98. The molecule has 14 fully saturated rings. The molecule has 0 amide bonds. The molecule has 12 aliphatic carbocycles. The molecule has 0 aromatic heterocycles. The van der Waals surface area contributed by atoms with E-state index in [2.05, 4.69) is 224 Å². The lowest BCUT2D eigenvalue weighted by Crippen LogP contribution is -2.70. The van der Waals surface area contributed by atoms with Gasteiger partial charge in [-0.1, -0.05) is 194 Å². The predicted molar refractivity (Wildman–Crippen MR) is 483 cm³/mol. The fourth-order valence-corrected chi connectivity index (χ4v) is 31.7. The van der Waals surface area contributed by atoms with Gasteiger partial charge in [-0.05, 0) is 252 Å². The molecule has 0 radical (unpaired) electrons. The van der Waals surface area contributed by atoms with Gasteiger partial charge in [-0.15, -0.1) is 0 Å². The molecule has 0 N–H and O–H groups in total. The lowest BCUT2D eigenvalue weighted by atomic mass is 9.31. The first-order valence-electron chi connectivity index (χ1n) is 45.5. The van der Waals surface area contributed by atoms with E-state index in [1.54, 1.807) is 0 Å². The normalized spacial score (nSPS) is 27.6. The Balaban J connectivity index is 0.000000131. The molecule has 14 aliphatic rings. The molecular formula is C103H127F11NO8S4+3. The summed E-state index contributed by atoms with van der Waals surface area (Å²) < 4.78 is 185. The Kier molecular flexibility index (Phi) is 30.8. The number of carbonyl (C=O) groups excluding carboxylic acids is 3. The minimum absolute atomic E-state index is 0.00240. The van der Waals surface area contributed by atoms with E-state index in [1.165, 1.54) is 79.0 Å². The summed E-state index contributed by atoms with van der Waals surface area (Å²) in [5.41, 5.74) is 2.73. The van der Waals surface area contributed by atoms with E-state index >= 15 is 0 Å². The highest BCUT2D eigenvalue weighted by molar-refractivity contribution is 7.98. The van der Waals surface area contributed by atoms with E-state index < -0.39 is 76.1 Å². The number of ketones is 1. The van der Waals surface area contributed by atoms with Crippen molar-refractivity contribution in [1.82, 2.24) is 4.31 Å². The number of benzene rings is 7. The first-order chi connectivity index (χ1) is 59.9. The highest BCUT2D eigenvalue weighted by Gasteiger charge is 2.77. The van der Waals surface area contributed by atoms with E-state index in [-0.39, 0.29) is 96.4 Å². The summed E-state index contributed by atoms with van der Waals surface area (Å²) >= 11 is 0. The largest absolute Gasteiger partial charge is 0.462 e. The van der Waals surface area contributed by atoms with E-state index in [9.17, 15) is 71.1 Å². The summed E-state index contributed by atoms with van der Waals surface area (Å²) in [6.07, 6.45) is 14.3. The van der Waals surface area contributed by atoms with Crippen LogP contribution in [0.2, 0.25) is 0 Å². The number of ether oxygens (including phenoxy) is 3. The van der Waals surface area contributed by atoms with Gasteiger partial charge in [0.25, 0.3) is 21.9 Å². The second kappa shape index (κ2) is 40.0. The topological polar surface area (TPSA) is 116 Å². The summed E-state index contributed by atoms with van der Waals surface area (Å²) in [5, 5.41) is -5.76. The number of aryl methyl sites for hydroxylation is 1. The van der Waals surface area contributed by atoms with Gasteiger partial charge in [-0.3, -0.25) is 14.4 Å². The molecule has 690 valence electrons. The number of hydrogen-bond donors (Lipinski definition) is 0. The number of halogens is 11. The number of nitrogens with zero attached hydrogens (tertiary/aromatic N) is 1. The number of hydrogen-bond acceptors (Lipinski definition) is 8. The molecule has 12 bridgehead atoms. The minimum Gasteiger partial charge on any atom is -0.462 e. The van der Waals surface area contributed by atoms with Crippen LogP contribution in [0.5, 0.6) is 0 Å². The van der Waals surface area contributed by atoms with Crippen molar-refractivity contribution in [2.75, 3.05) is 51.0 Å². The predicted octanol–water partition coefficient (Wildman–Crippen LogP) is 25.4. The van der Waals surface area contributed by atoms with Gasteiger partial charge in [-0.25, -0.2) is 30.4 Å². The first-order valence-corrected chi connectivity index (χ1v) is 51.0. The zero-order chi connectivity index (χ0) is 91.5. The van der Waals surface area contributed by atoms with Crippen molar-refractivity contribution < 1.29 is 85.3 Å². The lowest BCUT2D eigenvalue weighted by Gasteiger charge is -2.73. The van der Waals surface area contributed by atoms with Gasteiger partial charge < -0.3 is 14.2 Å². The van der Waals surface area contributed by atoms with Crippen LogP contribution in [0.25, 0.3) is 0 Å². The number of esters is 2. The van der Waals surface area contributed by atoms with Crippen LogP contribution >= 0.6 is 0 Å². The summed E-state index contributed by atoms with van der Waals surface area (Å²) in [7, 11) is -5.81. The third-order valence-corrected chi connectivity index (χ3v) is 38.0. The number of fused-ring (bicyclic) bond motifs is 1. The van der Waals surface area contributed by atoms with Crippen LogP contribution in [-0.2, 0) is 71.9 Å². The van der Waals surface area contributed by atoms with Crippen molar-refractivity contribution >= 4 is 60.4 Å². The van der Waals surface area contributed by atoms with Crippen molar-refractivity contribution in [1.29, 1.82) is 0 Å². The second-order valence-corrected chi connectivity index (χ2v) is 48.5. The maximum absolute atomic E-state index is 13.8. The summed E-state index contributed by atoms with van der Waals surface area (Å²) in [5.74, 6) is -9.92. The monoisotopic (exact) mass is 1840 g/mol. The third-order valence-electron chi connectivity index (χ3n) is 28.7. The Hall–Kier alpha value is -6.70. The number of piperidine rings is 1. The molecule has 7 aromatic rings. The lowest BCUT2D eigenvalue weighted by molar-refractivity contribution is -0.272. The van der Waals surface area contributed by atoms with Crippen LogP contribution < -0.4 is 0 Å². The van der Waals surface area contributed by atoms with Crippen molar-refractivity contribution in [3.63, 3.8) is 0 Å². The molecule has 2 saturated heterocycles. The number of alkyl halides is 11. The average molecular weight is 1840 g/mol. The molecule has 127 heavy (non-hydrogen) atoms. The van der Waals surface area contributed by atoms with Gasteiger partial charge in [-0.2, -0.15) is 30.6 Å². The molecule has 9 nitrogen and oxygen atoms in total. The van der Waals surface area contributed by atoms with Gasteiger partial charge in [0, 0.05) is 55.7 Å². The molecule has 8 atom stereocenters. The molecule has 2 heterocycles. The fraction of sp³-hybridized carbons (Fsp3) is 0.563. The number of Topliss-reactive ketones (excluding diaryl/α,β-unsaturated/α-hetero) is 1. The van der Waals surface area contributed by atoms with Crippen molar-refractivity contribution in [3.8, 4) is 0 Å². The van der Waals surface area contributed by atoms with Crippen molar-refractivity contribution in [2.24, 2.45) is 87.3 Å². The SMILES string of the molecule is CC(C)(C)c1ccc([S+](c2ccccc2)c2ccccc2)cc1.CC(F)(F)C(F)(F)C(F)(F)S(=O)(=O)N1CCC2CCCCC2C1.CC(F)(F)C(F)COC(=O)C12CC3CC4C5CC(CC41)CC2C5C3.CC(F)(F)COC(=O)C12CC3CC(CC(C3)C1)C2.Cc1ccc(C(=O)C([S+]2CCOCC2)C(C)(C)C)cc1.c1ccc([S+](c2ccccc2)c2ccccc2)cc1. The molecule has 7 aromatic carbocycles. The molecule has 12 saturated carbocycles. The number of rotatable bonds is 20. The summed E-state index contributed by atoms with van der Waals surface area (Å²) in [4.78, 5) is 46.4. The van der Waals surface area contributed by atoms with Gasteiger partial charge in [0.05, 0.1) is 45.8 Å². The molecule has 2 aliphatic heterocycles. The summed E-state index contributed by atoms with van der Waals surface area (Å²) in [6.45, 7) is 15.7. The zero-order valence-corrected chi connectivity index (χ0v) is 78.1. The Morgan fingerprint density at radius 1 is 0.496 bits per heavy atom. The molecular weight excluding hydrogens is 1720 g/mol. The first kappa shape index (κ1) is 97.8. The van der Waals surface area contributed by atoms with Crippen LogP contribution in [0.4, 0.5) is 48.3 Å². The van der Waals surface area contributed by atoms with Crippen LogP contribution in [0.3, 0.4) is 0 Å². The van der Waals surface area contributed by atoms with Crippen molar-refractivity contribution in [3.05, 3.63) is 217 Å². The van der Waals surface area contributed by atoms with E-state index in [1.807, 2.05) is 24.3 Å². The van der Waals surface area contributed by atoms with Gasteiger partial charge in [0.1, 0.15) is 18.1 Å². The highest BCUT2D eigenvalue weighted by Crippen LogP contribution is 2.76. The zero-order valence-electron chi connectivity index (χ0n) is 74.8. The van der Waals surface area contributed by atoms with Crippen LogP contribution in [0.15, 0.2) is 230 Å². The molecule has 8 unspecified atom stereocenters. The standard InChI is InChI=1S/C22H23S.C19H25F3O2.C18H15S.C17H25O2S.C14H20F2O2.C13H19F6NO2S/c1-22(2,3)18-14-16-21(17-15-18)23(19-10-6-4-7-11-19)20-12-8-5-9-13-20;1-18(21,22)16(20)8-24-17(23)19-7-10-3-12-11-2-9(5-14(12)19)6-15(19)13(11)4-10;1-4-10-16(11-5-1)19(17-12-6-2-7-13-17)18-14-8-3-9-15-18;1-13-5-7-14(8-6-13)15(18)16(17(2,3)4)20-11-9-19-10-12-20;1-13(15,16)8-18-12(17)14-5-9-2-10(6-14)4-11(3-9)7-14;1-11(14,15)12(16,17)13(18,19)23(21,22)20-7-6-9-4-2-3-5-10(9)8-20/h4-17H,1-3H3;9-16H,2-8H2,1H3;1-15H;5-8,16H,9-12H2,1-4H3;9-11H,2-8H2,1H3;9-10H,2-8H2,1H3/q+1;;2*+1;;. The highest BCUT2D eigenvalue weighted by atomic mass is 32.2. The van der Waals surface area contributed by atoms with Crippen LogP contribution in [0, 0.1) is 94.2 Å². The van der Waals surface area contributed by atoms with Gasteiger partial charge in [0.15, 0.2) is 47.4 Å². The molecule has 21 rings (SSSR count). The number of sulfonamides is 1. The van der Waals surface area contributed by atoms with Gasteiger partial charge in [0.2, 0.25) is 5.78 Å². The smallest absolute Gasteiger partial charge is 0.427 e. The van der Waals surface area contributed by atoms with Crippen LogP contribution in [0.1, 0.15) is 193 Å². The third kappa shape index (κ3) is 22.3. The Morgan fingerprint density at radius 2 is 0.913 bits per heavy atom. The van der Waals surface area contributed by atoms with Gasteiger partial charge >= 0.3 is 29.0 Å². The van der Waals surface area contributed by atoms with E-state index in [0.717, 1.165) is 107 Å². The second-order valence-electron chi connectivity index (χ2n) is 40.1. The van der Waals surface area contributed by atoms with E-state index in [4.69, 9.17) is 14.2 Å². The maximum atomic E-state index is 13.8. The Labute approximate surface area is 753 Å². The maximum Gasteiger partial charge on any atom is 0.427 e. The Bertz CT molecular complexity index is 4680.